The first-order valence-corrected chi connectivity index (χ1v) is 9.71. The second-order valence-electron chi connectivity index (χ2n) is 7.91. The van der Waals surface area contributed by atoms with Gasteiger partial charge in [0.15, 0.2) is 0 Å². The maximum absolute atomic E-state index is 11.9. The number of hydrogen-bond acceptors (Lipinski definition) is 5. The highest BCUT2D eigenvalue weighted by atomic mass is 16.5. The van der Waals surface area contributed by atoms with E-state index in [-0.39, 0.29) is 11.4 Å². The molecule has 0 unspecified atom stereocenters. The van der Waals surface area contributed by atoms with Crippen molar-refractivity contribution in [2.45, 2.75) is 84.5 Å². The van der Waals surface area contributed by atoms with Crippen LogP contribution in [0, 0.1) is 4.91 Å². The molecule has 0 saturated heterocycles. The molecule has 0 saturated carbocycles. The van der Waals surface area contributed by atoms with E-state index in [0.29, 0.717) is 30.8 Å². The number of unbranched alkanes of at least 4 members (excludes halogenated alkanes) is 5. The van der Waals surface area contributed by atoms with Gasteiger partial charge in [-0.3, -0.25) is 4.79 Å². The van der Waals surface area contributed by atoms with Gasteiger partial charge in [0, 0.05) is 6.42 Å². The summed E-state index contributed by atoms with van der Waals surface area (Å²) in [6, 6.07) is 3.65. The monoisotopic (exact) mass is 362 g/mol. The maximum Gasteiger partial charge on any atom is 0.306 e. The van der Waals surface area contributed by atoms with E-state index in [1.54, 1.807) is 6.07 Å². The zero-order valence-electron chi connectivity index (χ0n) is 16.8. The van der Waals surface area contributed by atoms with E-state index in [1.165, 1.54) is 25.7 Å². The summed E-state index contributed by atoms with van der Waals surface area (Å²) >= 11 is 0. The van der Waals surface area contributed by atoms with Gasteiger partial charge < -0.3 is 10.5 Å². The van der Waals surface area contributed by atoms with E-state index in [2.05, 4.69) is 12.1 Å². The number of nitrogens with zero attached hydrogens (tertiary/aromatic N) is 1. The first-order chi connectivity index (χ1) is 12.3. The van der Waals surface area contributed by atoms with E-state index < -0.39 is 0 Å². The van der Waals surface area contributed by atoms with Gasteiger partial charge in [0.05, 0.1) is 12.3 Å². The van der Waals surface area contributed by atoms with Crippen LogP contribution in [0.25, 0.3) is 0 Å². The summed E-state index contributed by atoms with van der Waals surface area (Å²) in [7, 11) is 0. The predicted molar refractivity (Wildman–Crippen MR) is 108 cm³/mol. The number of benzene rings is 1. The molecule has 146 valence electrons. The Morgan fingerprint density at radius 1 is 1.12 bits per heavy atom. The van der Waals surface area contributed by atoms with Crippen molar-refractivity contribution in [2.24, 2.45) is 5.18 Å². The van der Waals surface area contributed by atoms with Gasteiger partial charge in [0.2, 0.25) is 0 Å². The third-order valence-corrected chi connectivity index (χ3v) is 4.48. The second-order valence-corrected chi connectivity index (χ2v) is 7.91. The number of nitrogen functional groups attached to an aromatic ring is 1. The standard InChI is InChI=1S/C21H34N2O3/c1-5-6-7-8-9-10-13-26-19(24)12-11-16-14-17(21(2,3)4)20(23-25)18(22)15-16/h14-15H,5-13,22H2,1-4H3. The number of nitrogens with two attached hydrogens (primary N) is 1. The fourth-order valence-corrected chi connectivity index (χ4v) is 2.92. The summed E-state index contributed by atoms with van der Waals surface area (Å²) in [6.45, 7) is 8.72. The van der Waals surface area contributed by atoms with E-state index in [1.807, 2.05) is 26.8 Å². The minimum absolute atomic E-state index is 0.188. The van der Waals surface area contributed by atoms with Gasteiger partial charge in [-0.25, -0.2) is 0 Å². The Morgan fingerprint density at radius 2 is 1.77 bits per heavy atom. The van der Waals surface area contributed by atoms with Crippen LogP contribution in [0.1, 0.15) is 83.8 Å². The molecule has 0 atom stereocenters. The average molecular weight is 363 g/mol. The summed E-state index contributed by atoms with van der Waals surface area (Å²) in [5, 5.41) is 3.08. The van der Waals surface area contributed by atoms with Gasteiger partial charge in [-0.05, 0) is 40.6 Å². The molecule has 0 aliphatic heterocycles. The SMILES string of the molecule is CCCCCCCCOC(=O)CCc1cc(N)c(N=O)c(C(C)(C)C)c1. The van der Waals surface area contributed by atoms with Crippen LogP contribution in [0.3, 0.4) is 0 Å². The number of anilines is 1. The summed E-state index contributed by atoms with van der Waals surface area (Å²) < 4.78 is 5.30. The molecule has 26 heavy (non-hydrogen) atoms. The Labute approximate surface area is 157 Å². The van der Waals surface area contributed by atoms with Crippen molar-refractivity contribution in [1.29, 1.82) is 0 Å². The summed E-state index contributed by atoms with van der Waals surface area (Å²) in [6.07, 6.45) is 7.87. The van der Waals surface area contributed by atoms with Crippen LogP contribution in [0.15, 0.2) is 17.3 Å². The van der Waals surface area contributed by atoms with Crippen LogP contribution in [0.5, 0.6) is 0 Å². The van der Waals surface area contributed by atoms with Crippen molar-refractivity contribution in [1.82, 2.24) is 0 Å². The molecule has 0 radical (unpaired) electrons. The summed E-state index contributed by atoms with van der Waals surface area (Å²) in [4.78, 5) is 23.0. The first kappa shape index (κ1) is 22.1. The molecule has 0 aromatic heterocycles. The third-order valence-electron chi connectivity index (χ3n) is 4.48. The number of rotatable bonds is 11. The molecule has 0 bridgehead atoms. The van der Waals surface area contributed by atoms with Gasteiger partial charge in [0.1, 0.15) is 5.69 Å². The summed E-state index contributed by atoms with van der Waals surface area (Å²) in [5.41, 5.74) is 8.13. The molecule has 1 rings (SSSR count). The number of aryl methyl sites for hydroxylation is 1. The van der Waals surface area contributed by atoms with Crippen LogP contribution in [-0.4, -0.2) is 12.6 Å². The minimum Gasteiger partial charge on any atom is -0.466 e. The smallest absolute Gasteiger partial charge is 0.306 e. The molecular weight excluding hydrogens is 328 g/mol. The van der Waals surface area contributed by atoms with Crippen molar-refractivity contribution in [3.8, 4) is 0 Å². The lowest BCUT2D eigenvalue weighted by Gasteiger charge is -2.22. The Morgan fingerprint density at radius 3 is 2.38 bits per heavy atom. The van der Waals surface area contributed by atoms with E-state index in [4.69, 9.17) is 10.5 Å². The molecule has 0 amide bonds. The van der Waals surface area contributed by atoms with Crippen LogP contribution in [0.4, 0.5) is 11.4 Å². The lowest BCUT2D eigenvalue weighted by Crippen LogP contribution is -2.13. The fraction of sp³-hybridized carbons (Fsp3) is 0.667. The number of carbonyl (C=O) groups excluding carboxylic acids is 1. The Bertz CT molecular complexity index is 592. The van der Waals surface area contributed by atoms with Crippen molar-refractivity contribution in [3.63, 3.8) is 0 Å². The lowest BCUT2D eigenvalue weighted by atomic mass is 9.84. The van der Waals surface area contributed by atoms with Crippen molar-refractivity contribution < 1.29 is 9.53 Å². The molecular formula is C21H34N2O3. The Hall–Kier alpha value is -1.91. The molecule has 5 heteroatoms. The number of esters is 1. The first-order valence-electron chi connectivity index (χ1n) is 9.71. The number of nitroso groups, excluding NO2 is 1. The molecule has 0 fully saturated rings. The summed E-state index contributed by atoms with van der Waals surface area (Å²) in [5.74, 6) is -0.188. The molecule has 1 aromatic carbocycles. The van der Waals surface area contributed by atoms with E-state index in [9.17, 15) is 9.70 Å². The highest BCUT2D eigenvalue weighted by Crippen LogP contribution is 2.37. The van der Waals surface area contributed by atoms with Gasteiger partial charge in [-0.15, -0.1) is 4.91 Å². The van der Waals surface area contributed by atoms with Crippen molar-refractivity contribution in [2.75, 3.05) is 12.3 Å². The van der Waals surface area contributed by atoms with Crippen LogP contribution in [0.2, 0.25) is 0 Å². The fourth-order valence-electron chi connectivity index (χ4n) is 2.92. The molecule has 1 aromatic rings. The topological polar surface area (TPSA) is 81.8 Å². The molecule has 5 nitrogen and oxygen atoms in total. The van der Waals surface area contributed by atoms with Crippen LogP contribution < -0.4 is 5.73 Å². The zero-order valence-corrected chi connectivity index (χ0v) is 16.8. The van der Waals surface area contributed by atoms with Crippen molar-refractivity contribution >= 4 is 17.3 Å². The minimum atomic E-state index is -0.244. The number of ether oxygens (including phenoxy) is 1. The zero-order chi connectivity index (χ0) is 19.6. The highest BCUT2D eigenvalue weighted by molar-refractivity contribution is 5.71. The molecule has 0 heterocycles. The average Bonchev–Trinajstić information content (AvgIpc) is 2.58. The molecule has 0 aliphatic rings. The Kier molecular flexibility index (Phi) is 9.31. The largest absolute Gasteiger partial charge is 0.466 e. The van der Waals surface area contributed by atoms with Gasteiger partial charge in [-0.1, -0.05) is 65.9 Å². The molecule has 0 spiro atoms. The molecule has 0 aliphatic carbocycles. The van der Waals surface area contributed by atoms with E-state index >= 15 is 0 Å². The third kappa shape index (κ3) is 7.54. The quantitative estimate of drug-likeness (QED) is 0.233. The van der Waals surface area contributed by atoms with Crippen LogP contribution in [-0.2, 0) is 21.4 Å². The maximum atomic E-state index is 11.9. The highest BCUT2D eigenvalue weighted by Gasteiger charge is 2.21. The van der Waals surface area contributed by atoms with Crippen molar-refractivity contribution in [3.05, 3.63) is 28.2 Å². The number of carbonyl (C=O) groups is 1. The Balaban J connectivity index is 2.48. The second kappa shape index (κ2) is 10.9. The van der Waals surface area contributed by atoms with Crippen LogP contribution >= 0.6 is 0 Å². The van der Waals surface area contributed by atoms with E-state index in [0.717, 1.165) is 24.0 Å². The predicted octanol–water partition coefficient (Wildman–Crippen LogP) is 5.80. The molecule has 2 N–H and O–H groups in total. The number of hydrogen-bond donors (Lipinski definition) is 1. The lowest BCUT2D eigenvalue weighted by molar-refractivity contribution is -0.143. The van der Waals surface area contributed by atoms with Gasteiger partial charge in [-0.2, -0.15) is 0 Å². The van der Waals surface area contributed by atoms with Gasteiger partial charge in [0.25, 0.3) is 0 Å². The van der Waals surface area contributed by atoms with Gasteiger partial charge >= 0.3 is 5.97 Å². The normalized spacial score (nSPS) is 11.4.